The van der Waals surface area contributed by atoms with Gasteiger partial charge in [-0.3, -0.25) is 4.99 Å². The van der Waals surface area contributed by atoms with Crippen LogP contribution in [0.5, 0.6) is 11.5 Å². The Bertz CT molecular complexity index is 778. The average Bonchev–Trinajstić information content (AvgIpc) is 3.43. The normalized spacial score (nSPS) is 13.7. The Morgan fingerprint density at radius 1 is 1.23 bits per heavy atom. The third-order valence-corrected chi connectivity index (χ3v) is 5.86. The number of benzene rings is 1. The van der Waals surface area contributed by atoms with Crippen LogP contribution in [0.15, 0.2) is 34.6 Å². The number of aromatic nitrogens is 1. The fourth-order valence-corrected chi connectivity index (χ4v) is 4.14. The van der Waals surface area contributed by atoms with Gasteiger partial charge in [-0.05, 0) is 37.1 Å². The van der Waals surface area contributed by atoms with Gasteiger partial charge in [0, 0.05) is 45.5 Å². The molecule has 1 aliphatic heterocycles. The molecule has 1 saturated heterocycles. The van der Waals surface area contributed by atoms with E-state index in [1.807, 2.05) is 31.3 Å². The van der Waals surface area contributed by atoms with Crippen LogP contribution in [0.1, 0.15) is 18.5 Å². The van der Waals surface area contributed by atoms with Crippen LogP contribution in [0, 0.1) is 0 Å². The van der Waals surface area contributed by atoms with Crippen LogP contribution in [-0.4, -0.2) is 69.8 Å². The first-order chi connectivity index (χ1) is 14.2. The molecule has 3 rings (SSSR count). The molecule has 0 amide bonds. The number of halogens is 1. The van der Waals surface area contributed by atoms with Crippen molar-refractivity contribution in [2.45, 2.75) is 19.3 Å². The van der Waals surface area contributed by atoms with E-state index in [2.05, 4.69) is 25.5 Å². The van der Waals surface area contributed by atoms with Crippen molar-refractivity contribution in [3.8, 4) is 11.5 Å². The molecule has 1 aliphatic rings. The van der Waals surface area contributed by atoms with Gasteiger partial charge in [0.15, 0.2) is 11.1 Å². The van der Waals surface area contributed by atoms with Crippen molar-refractivity contribution in [1.82, 2.24) is 15.2 Å². The van der Waals surface area contributed by atoms with Gasteiger partial charge in [0.1, 0.15) is 18.1 Å². The first kappa shape index (κ1) is 24.5. The van der Waals surface area contributed by atoms with Crippen LogP contribution in [0.4, 0.5) is 5.13 Å². The number of nitrogens with one attached hydrogen (secondary N) is 1. The van der Waals surface area contributed by atoms with Crippen LogP contribution in [0.25, 0.3) is 0 Å². The highest BCUT2D eigenvalue weighted by Crippen LogP contribution is 2.24. The van der Waals surface area contributed by atoms with E-state index in [1.54, 1.807) is 25.5 Å². The fraction of sp³-hybridized carbons (Fsp3) is 0.524. The van der Waals surface area contributed by atoms with Gasteiger partial charge in [-0.15, -0.1) is 35.3 Å². The van der Waals surface area contributed by atoms with E-state index in [0.717, 1.165) is 60.9 Å². The van der Waals surface area contributed by atoms with Crippen molar-refractivity contribution in [1.29, 1.82) is 0 Å². The molecule has 1 fully saturated rings. The molecule has 2 heterocycles. The minimum atomic E-state index is 0. The van der Waals surface area contributed by atoms with Gasteiger partial charge in [0.05, 0.1) is 19.3 Å². The summed E-state index contributed by atoms with van der Waals surface area (Å²) in [6, 6.07) is 7.62. The summed E-state index contributed by atoms with van der Waals surface area (Å²) in [4.78, 5) is 13.6. The molecule has 9 heteroatoms. The molecular formula is C21H32IN5O2S. The molecular weight excluding hydrogens is 513 g/mol. The highest BCUT2D eigenvalue weighted by Gasteiger charge is 2.15. The Balaban J connectivity index is 0.00000320. The van der Waals surface area contributed by atoms with Crippen molar-refractivity contribution < 1.29 is 9.47 Å². The molecule has 0 bridgehead atoms. The predicted octanol–water partition coefficient (Wildman–Crippen LogP) is 3.50. The average molecular weight is 545 g/mol. The van der Waals surface area contributed by atoms with Crippen LogP contribution >= 0.6 is 35.3 Å². The van der Waals surface area contributed by atoms with E-state index in [1.165, 1.54) is 12.8 Å². The maximum Gasteiger partial charge on any atom is 0.193 e. The van der Waals surface area contributed by atoms with E-state index in [-0.39, 0.29) is 24.0 Å². The topological polar surface area (TPSA) is 62.2 Å². The number of ether oxygens (including phenoxy) is 2. The molecule has 0 radical (unpaired) electrons. The first-order valence-corrected chi connectivity index (χ1v) is 11.0. The standard InChI is InChI=1S/C21H31N5O2S.HI/c1-22-20(25(2)14-15-28-19-8-6-18(27-3)7-9-19)23-11-10-17-16-29-21(24-17)26-12-4-5-13-26;/h6-9,16H,4-5,10-15H2,1-3H3,(H,22,23);1H. The Morgan fingerprint density at radius 3 is 2.60 bits per heavy atom. The minimum absolute atomic E-state index is 0. The fourth-order valence-electron chi connectivity index (χ4n) is 3.23. The number of methoxy groups -OCH3 is 1. The quantitative estimate of drug-likeness (QED) is 0.296. The van der Waals surface area contributed by atoms with Crippen molar-refractivity contribution in [2.75, 3.05) is 58.9 Å². The lowest BCUT2D eigenvalue weighted by Gasteiger charge is -2.22. The van der Waals surface area contributed by atoms with E-state index in [9.17, 15) is 0 Å². The van der Waals surface area contributed by atoms with Gasteiger partial charge in [-0.1, -0.05) is 0 Å². The first-order valence-electron chi connectivity index (χ1n) is 10.1. The molecule has 2 aromatic rings. The van der Waals surface area contributed by atoms with Gasteiger partial charge in [0.2, 0.25) is 0 Å². The lowest BCUT2D eigenvalue weighted by Crippen LogP contribution is -2.41. The summed E-state index contributed by atoms with van der Waals surface area (Å²) >= 11 is 1.75. The van der Waals surface area contributed by atoms with Crippen LogP contribution < -0.4 is 19.7 Å². The van der Waals surface area contributed by atoms with Gasteiger partial charge in [0.25, 0.3) is 0 Å². The zero-order valence-electron chi connectivity index (χ0n) is 18.0. The molecule has 0 atom stereocenters. The van der Waals surface area contributed by atoms with Crippen LogP contribution in [-0.2, 0) is 6.42 Å². The third-order valence-electron chi connectivity index (χ3n) is 4.91. The number of guanidine groups is 1. The predicted molar refractivity (Wildman–Crippen MR) is 135 cm³/mol. The summed E-state index contributed by atoms with van der Waals surface area (Å²) in [6.45, 7) is 4.40. The van der Waals surface area contributed by atoms with E-state index < -0.39 is 0 Å². The van der Waals surface area contributed by atoms with Crippen LogP contribution in [0.3, 0.4) is 0 Å². The summed E-state index contributed by atoms with van der Waals surface area (Å²) in [5.74, 6) is 2.52. The summed E-state index contributed by atoms with van der Waals surface area (Å²) in [6.07, 6.45) is 3.45. The number of hydrogen-bond donors (Lipinski definition) is 1. The molecule has 1 N–H and O–H groups in total. The molecule has 166 valence electrons. The monoisotopic (exact) mass is 545 g/mol. The molecule has 1 aromatic carbocycles. The van der Waals surface area contributed by atoms with E-state index >= 15 is 0 Å². The number of rotatable bonds is 9. The van der Waals surface area contributed by atoms with Gasteiger partial charge < -0.3 is 24.6 Å². The Hall–Kier alpha value is -1.75. The molecule has 0 aliphatic carbocycles. The van der Waals surface area contributed by atoms with E-state index in [0.29, 0.717) is 6.61 Å². The lowest BCUT2D eigenvalue weighted by molar-refractivity contribution is 0.281. The summed E-state index contributed by atoms with van der Waals surface area (Å²) in [5.41, 5.74) is 1.14. The summed E-state index contributed by atoms with van der Waals surface area (Å²) in [7, 11) is 5.48. The molecule has 0 saturated carbocycles. The SMILES string of the molecule is CN=C(NCCc1csc(N2CCCC2)n1)N(C)CCOc1ccc(OC)cc1.I. The zero-order chi connectivity index (χ0) is 20.5. The number of nitrogens with zero attached hydrogens (tertiary/aromatic N) is 4. The van der Waals surface area contributed by atoms with Gasteiger partial charge >= 0.3 is 0 Å². The Labute approximate surface area is 200 Å². The number of likely N-dealkylation sites (N-methyl/N-ethyl adjacent to an activating group) is 1. The zero-order valence-corrected chi connectivity index (χ0v) is 21.1. The smallest absolute Gasteiger partial charge is 0.193 e. The largest absolute Gasteiger partial charge is 0.497 e. The molecule has 0 unspecified atom stereocenters. The van der Waals surface area contributed by atoms with E-state index in [4.69, 9.17) is 14.5 Å². The van der Waals surface area contributed by atoms with Crippen molar-refractivity contribution in [3.05, 3.63) is 35.3 Å². The third kappa shape index (κ3) is 7.19. The number of aliphatic imine (C=N–C) groups is 1. The van der Waals surface area contributed by atoms with Crippen LogP contribution in [0.2, 0.25) is 0 Å². The second-order valence-electron chi connectivity index (χ2n) is 6.99. The molecule has 7 nitrogen and oxygen atoms in total. The van der Waals surface area contributed by atoms with Crippen molar-refractivity contribution in [3.63, 3.8) is 0 Å². The number of thiazole rings is 1. The summed E-state index contributed by atoms with van der Waals surface area (Å²) < 4.78 is 11.0. The second kappa shape index (κ2) is 12.8. The second-order valence-corrected chi connectivity index (χ2v) is 7.82. The van der Waals surface area contributed by atoms with Gasteiger partial charge in [-0.2, -0.15) is 0 Å². The van der Waals surface area contributed by atoms with Gasteiger partial charge in [-0.25, -0.2) is 4.98 Å². The molecule has 30 heavy (non-hydrogen) atoms. The number of hydrogen-bond acceptors (Lipinski definition) is 6. The highest BCUT2D eigenvalue weighted by atomic mass is 127. The maximum absolute atomic E-state index is 5.80. The molecule has 1 aromatic heterocycles. The Morgan fingerprint density at radius 2 is 1.93 bits per heavy atom. The van der Waals surface area contributed by atoms with Crippen molar-refractivity contribution in [2.24, 2.45) is 4.99 Å². The Kier molecular flexibility index (Phi) is 10.5. The molecule has 0 spiro atoms. The minimum Gasteiger partial charge on any atom is -0.497 e. The lowest BCUT2D eigenvalue weighted by atomic mass is 10.3. The maximum atomic E-state index is 5.80. The number of anilines is 1. The van der Waals surface area contributed by atoms with Crippen molar-refractivity contribution >= 4 is 46.4 Å². The summed E-state index contributed by atoms with van der Waals surface area (Å²) in [5, 5.41) is 6.75. The highest BCUT2D eigenvalue weighted by molar-refractivity contribution is 14.0.